The van der Waals surface area contributed by atoms with Crippen molar-refractivity contribution < 1.29 is 17.9 Å². The first kappa shape index (κ1) is 35.9. The molecule has 1 aliphatic rings. The zero-order chi connectivity index (χ0) is 37.1. The molecule has 1 aliphatic carbocycles. The topological polar surface area (TPSA) is 57.5 Å². The second-order valence-corrected chi connectivity index (χ2v) is 16.8. The van der Waals surface area contributed by atoms with Crippen molar-refractivity contribution in [1.29, 1.82) is 0 Å². The van der Waals surface area contributed by atoms with E-state index < -0.39 is 10.0 Å². The van der Waals surface area contributed by atoms with E-state index in [2.05, 4.69) is 101 Å². The largest absolute Gasteiger partial charge is 0.494 e. The van der Waals surface area contributed by atoms with Gasteiger partial charge in [-0.2, -0.15) is 0 Å². The van der Waals surface area contributed by atoms with Gasteiger partial charge in [-0.25, -0.2) is 12.4 Å². The molecule has 0 fully saturated rings. The molecule has 2 atom stereocenters. The van der Waals surface area contributed by atoms with Crippen molar-refractivity contribution in [3.63, 3.8) is 0 Å². The summed E-state index contributed by atoms with van der Waals surface area (Å²) in [6, 6.07) is 51.0. The smallest absolute Gasteiger partial charge is 0.268 e. The van der Waals surface area contributed by atoms with Gasteiger partial charge in [-0.3, -0.25) is 0 Å². The number of hydrogen-bond acceptors (Lipinski definition) is 4. The number of halogens is 1. The Morgan fingerprint density at radius 1 is 0.722 bits per heavy atom. The summed E-state index contributed by atoms with van der Waals surface area (Å²) in [6.45, 7) is 2.96. The third-order valence-corrected chi connectivity index (χ3v) is 12.8. The van der Waals surface area contributed by atoms with Crippen molar-refractivity contribution in [3.05, 3.63) is 195 Å². The molecule has 0 unspecified atom stereocenters. The molecule has 1 aromatic heterocycles. The second-order valence-electron chi connectivity index (χ2n) is 14.1. The van der Waals surface area contributed by atoms with E-state index in [0.717, 1.165) is 51.0 Å². The van der Waals surface area contributed by atoms with Crippen molar-refractivity contribution >= 4 is 36.9 Å². The lowest BCUT2D eigenvalue weighted by molar-refractivity contribution is 0.305. The summed E-state index contributed by atoms with van der Waals surface area (Å²) in [4.78, 5) is 0.276. The Bertz CT molecular complexity index is 2480. The van der Waals surface area contributed by atoms with E-state index in [-0.39, 0.29) is 10.8 Å². The Labute approximate surface area is 326 Å². The first-order chi connectivity index (χ1) is 26.3. The molecule has 1 heterocycles. The van der Waals surface area contributed by atoms with Crippen LogP contribution in [0.2, 0.25) is 0 Å². The van der Waals surface area contributed by atoms with Crippen LogP contribution in [0, 0.1) is 6.92 Å². The van der Waals surface area contributed by atoms with Crippen LogP contribution in [0.15, 0.2) is 161 Å². The molecule has 0 N–H and O–H groups in total. The lowest BCUT2D eigenvalue weighted by Gasteiger charge is -2.35. The van der Waals surface area contributed by atoms with E-state index >= 15 is 0 Å². The highest BCUT2D eigenvalue weighted by Gasteiger charge is 2.32. The summed E-state index contributed by atoms with van der Waals surface area (Å²) in [7, 11) is -3.80. The quantitative estimate of drug-likeness (QED) is 0.116. The van der Waals surface area contributed by atoms with Gasteiger partial charge in [-0.15, -0.1) is 0 Å². The average molecular weight is 797 g/mol. The Kier molecular flexibility index (Phi) is 10.4. The molecule has 0 radical (unpaired) electrons. The maximum absolute atomic E-state index is 13.9. The molecule has 0 saturated carbocycles. The number of aromatic nitrogens is 1. The number of hydrogen-bond donors (Lipinski definition) is 0. The van der Waals surface area contributed by atoms with Crippen molar-refractivity contribution in [2.24, 2.45) is 0 Å². The van der Waals surface area contributed by atoms with E-state index in [4.69, 9.17) is 9.47 Å². The second kappa shape index (κ2) is 15.7. The normalized spacial score (nSPS) is 15.5. The van der Waals surface area contributed by atoms with E-state index in [1.165, 1.54) is 26.2 Å². The summed E-state index contributed by atoms with van der Waals surface area (Å²) < 4.78 is 42.8. The number of aryl methyl sites for hydroxylation is 3. The van der Waals surface area contributed by atoms with Crippen LogP contribution in [0.1, 0.15) is 63.8 Å². The van der Waals surface area contributed by atoms with Gasteiger partial charge in [-0.1, -0.05) is 112 Å². The summed E-state index contributed by atoms with van der Waals surface area (Å²) >= 11 is 3.54. The van der Waals surface area contributed by atoms with Crippen LogP contribution in [-0.4, -0.2) is 19.0 Å². The fraction of sp³-hybridized carbons (Fsp3) is 0.191. The van der Waals surface area contributed by atoms with Gasteiger partial charge in [-0.05, 0) is 127 Å². The molecule has 5 nitrogen and oxygen atoms in total. The highest BCUT2D eigenvalue weighted by Crippen LogP contribution is 2.47. The summed E-state index contributed by atoms with van der Waals surface area (Å²) in [5.41, 5.74) is 8.87. The van der Waals surface area contributed by atoms with Gasteiger partial charge in [0.2, 0.25) is 0 Å². The minimum atomic E-state index is -3.80. The van der Waals surface area contributed by atoms with E-state index in [1.54, 1.807) is 12.1 Å². The molecule has 0 amide bonds. The highest BCUT2D eigenvalue weighted by atomic mass is 79.9. The van der Waals surface area contributed by atoms with E-state index in [0.29, 0.717) is 37.5 Å². The Hall–Kier alpha value is -5.11. The van der Waals surface area contributed by atoms with Crippen LogP contribution in [0.4, 0.5) is 0 Å². The summed E-state index contributed by atoms with van der Waals surface area (Å²) in [5, 5.41) is 0.876. The maximum Gasteiger partial charge on any atom is 0.268 e. The van der Waals surface area contributed by atoms with Gasteiger partial charge in [0.25, 0.3) is 10.0 Å². The van der Waals surface area contributed by atoms with Crippen molar-refractivity contribution in [3.8, 4) is 11.5 Å². The first-order valence-electron chi connectivity index (χ1n) is 18.5. The first-order valence-corrected chi connectivity index (χ1v) is 20.8. The summed E-state index contributed by atoms with van der Waals surface area (Å²) in [5.74, 6) is 2.25. The van der Waals surface area contributed by atoms with Crippen molar-refractivity contribution in [1.82, 2.24) is 3.97 Å². The Morgan fingerprint density at radius 3 is 2.20 bits per heavy atom. The van der Waals surface area contributed by atoms with Gasteiger partial charge < -0.3 is 9.47 Å². The fourth-order valence-electron chi connectivity index (χ4n) is 7.81. The van der Waals surface area contributed by atoms with Gasteiger partial charge in [0, 0.05) is 21.5 Å². The molecular formula is C47H42BrNO4S. The molecule has 0 aliphatic heterocycles. The predicted octanol–water partition coefficient (Wildman–Crippen LogP) is 11.4. The molecule has 0 saturated heterocycles. The predicted molar refractivity (Wildman–Crippen MR) is 220 cm³/mol. The zero-order valence-electron chi connectivity index (χ0n) is 30.2. The Morgan fingerprint density at radius 2 is 1.44 bits per heavy atom. The maximum atomic E-state index is 13.9. The fourth-order valence-corrected chi connectivity index (χ4v) is 9.75. The molecule has 7 aromatic rings. The molecule has 0 spiro atoms. The van der Waals surface area contributed by atoms with E-state index in [1.807, 2.05) is 61.5 Å². The number of nitrogens with zero attached hydrogens (tertiary/aromatic N) is 1. The monoisotopic (exact) mass is 795 g/mol. The van der Waals surface area contributed by atoms with Crippen LogP contribution in [-0.2, 0) is 29.5 Å². The molecular weight excluding hydrogens is 754 g/mol. The molecule has 6 aromatic carbocycles. The molecule has 54 heavy (non-hydrogen) atoms. The number of benzene rings is 6. The van der Waals surface area contributed by atoms with Crippen LogP contribution >= 0.6 is 15.9 Å². The summed E-state index contributed by atoms with van der Waals surface area (Å²) in [6.07, 6.45) is 3.25. The number of fused-ring (bicyclic) bond motifs is 2. The van der Waals surface area contributed by atoms with Crippen LogP contribution in [0.25, 0.3) is 10.9 Å². The zero-order valence-corrected chi connectivity index (χ0v) is 32.6. The van der Waals surface area contributed by atoms with Gasteiger partial charge in [0.1, 0.15) is 18.1 Å². The lowest BCUT2D eigenvalue weighted by Crippen LogP contribution is -2.20. The van der Waals surface area contributed by atoms with Crippen molar-refractivity contribution in [2.45, 2.75) is 55.9 Å². The molecule has 0 bridgehead atoms. The third-order valence-electron chi connectivity index (χ3n) is 10.5. The van der Waals surface area contributed by atoms with Gasteiger partial charge in [0.15, 0.2) is 0 Å². The van der Waals surface area contributed by atoms with Crippen LogP contribution in [0.3, 0.4) is 0 Å². The van der Waals surface area contributed by atoms with Crippen LogP contribution < -0.4 is 9.47 Å². The Balaban J connectivity index is 0.987. The standard InChI is InChI=1S/C47H42BrNO4S/c1-33-14-23-43(24-15-33)54(50,51)49-40(30-38-29-39(48)19-27-46(38)49)13-8-28-52-41-20-16-36(17-21-41)47-44(35-11-6-3-7-12-35)25-18-37-31-42(22-26-45(37)47)53-32-34-9-4-2-5-10-34/h2-7,9-12,14-17,19-24,26-27,29-31,44,47H,8,13,18,25,28,32H2,1H3/t44-,47+/m1/s1. The molecule has 272 valence electrons. The number of rotatable bonds is 12. The van der Waals surface area contributed by atoms with Gasteiger partial charge in [0.05, 0.1) is 17.0 Å². The van der Waals surface area contributed by atoms with E-state index in [9.17, 15) is 8.42 Å². The van der Waals surface area contributed by atoms with Gasteiger partial charge >= 0.3 is 0 Å². The third kappa shape index (κ3) is 7.61. The molecule has 7 heteroatoms. The van der Waals surface area contributed by atoms with Crippen LogP contribution in [0.5, 0.6) is 11.5 Å². The number of ether oxygens (including phenoxy) is 2. The lowest BCUT2D eigenvalue weighted by atomic mass is 9.69. The SMILES string of the molecule is Cc1ccc(S(=O)(=O)n2c(CCCOc3ccc([C@@H]4c5ccc(OCc6ccccc6)cc5CC[C@@H]4c4ccccc4)cc3)cc3cc(Br)ccc32)cc1. The average Bonchev–Trinajstić information content (AvgIpc) is 3.57. The minimum absolute atomic E-state index is 0.200. The highest BCUT2D eigenvalue weighted by molar-refractivity contribution is 9.10. The minimum Gasteiger partial charge on any atom is -0.494 e. The van der Waals surface area contributed by atoms with Crippen molar-refractivity contribution in [2.75, 3.05) is 6.61 Å². The molecule has 8 rings (SSSR count).